The van der Waals surface area contributed by atoms with Crippen molar-refractivity contribution in [1.82, 2.24) is 5.32 Å². The van der Waals surface area contributed by atoms with Gasteiger partial charge in [-0.15, -0.1) is 0 Å². The summed E-state index contributed by atoms with van der Waals surface area (Å²) in [5.74, 6) is 2.34. The fourth-order valence-corrected chi connectivity index (χ4v) is 2.52. The van der Waals surface area contributed by atoms with Crippen LogP contribution in [0.4, 0.5) is 0 Å². The Morgan fingerprint density at radius 3 is 2.86 bits per heavy atom. The maximum absolute atomic E-state index is 6.21. The second-order valence-electron chi connectivity index (χ2n) is 5.99. The highest BCUT2D eigenvalue weighted by Gasteiger charge is 2.16. The summed E-state index contributed by atoms with van der Waals surface area (Å²) >= 11 is 0. The Morgan fingerprint density at radius 1 is 1.33 bits per heavy atom. The van der Waals surface area contributed by atoms with Crippen LogP contribution in [0, 0.1) is 5.92 Å². The molecule has 0 saturated carbocycles. The highest BCUT2D eigenvalue weighted by atomic mass is 16.5. The van der Waals surface area contributed by atoms with Crippen molar-refractivity contribution < 1.29 is 9.47 Å². The fourth-order valence-electron chi connectivity index (χ4n) is 2.52. The van der Waals surface area contributed by atoms with E-state index in [9.17, 15) is 0 Å². The molecule has 0 aliphatic heterocycles. The molecule has 0 radical (unpaired) electrons. The quantitative estimate of drug-likeness (QED) is 0.772. The lowest BCUT2D eigenvalue weighted by atomic mass is 10.0. The van der Waals surface area contributed by atoms with Gasteiger partial charge in [0.2, 0.25) is 0 Å². The first-order valence-electron chi connectivity index (χ1n) is 7.90. The number of hydrogen-bond acceptors (Lipinski definition) is 3. The summed E-state index contributed by atoms with van der Waals surface area (Å²) in [6.07, 6.45) is 7.97. The van der Waals surface area contributed by atoms with Gasteiger partial charge in [0.05, 0.1) is 7.11 Å². The van der Waals surface area contributed by atoms with Gasteiger partial charge in [-0.2, -0.15) is 0 Å². The van der Waals surface area contributed by atoms with Gasteiger partial charge in [0.15, 0.2) is 11.5 Å². The number of nitrogens with one attached hydrogen (secondary N) is 1. The molecule has 1 aliphatic rings. The van der Waals surface area contributed by atoms with Gasteiger partial charge in [0.1, 0.15) is 6.10 Å². The zero-order valence-corrected chi connectivity index (χ0v) is 13.4. The molecule has 1 atom stereocenters. The van der Waals surface area contributed by atoms with E-state index in [1.165, 1.54) is 6.42 Å². The summed E-state index contributed by atoms with van der Waals surface area (Å²) in [6, 6.07) is 6.10. The summed E-state index contributed by atoms with van der Waals surface area (Å²) < 4.78 is 11.7. The molecule has 116 valence electrons. The molecule has 1 unspecified atom stereocenters. The average molecular weight is 289 g/mol. The van der Waals surface area contributed by atoms with E-state index in [4.69, 9.17) is 9.47 Å². The van der Waals surface area contributed by atoms with E-state index in [2.05, 4.69) is 37.4 Å². The van der Waals surface area contributed by atoms with Crippen molar-refractivity contribution in [3.05, 3.63) is 35.9 Å². The van der Waals surface area contributed by atoms with Crippen LogP contribution in [-0.4, -0.2) is 19.8 Å². The van der Waals surface area contributed by atoms with E-state index >= 15 is 0 Å². The number of hydrogen-bond donors (Lipinski definition) is 1. The first kappa shape index (κ1) is 15.9. The molecule has 0 amide bonds. The molecule has 0 fully saturated rings. The van der Waals surface area contributed by atoms with Crippen molar-refractivity contribution in [2.75, 3.05) is 13.7 Å². The van der Waals surface area contributed by atoms with E-state index < -0.39 is 0 Å². The normalized spacial score (nSPS) is 18.0. The van der Waals surface area contributed by atoms with Crippen molar-refractivity contribution in [1.29, 1.82) is 0 Å². The third-order valence-electron chi connectivity index (χ3n) is 3.63. The van der Waals surface area contributed by atoms with Crippen LogP contribution < -0.4 is 14.8 Å². The fraction of sp³-hybridized carbons (Fsp3) is 0.556. The molecule has 1 aromatic carbocycles. The minimum atomic E-state index is 0.166. The first-order valence-corrected chi connectivity index (χ1v) is 7.90. The van der Waals surface area contributed by atoms with Gasteiger partial charge in [-0.05, 0) is 43.9 Å². The minimum absolute atomic E-state index is 0.166. The molecular weight excluding hydrogens is 262 g/mol. The lowest BCUT2D eigenvalue weighted by molar-refractivity contribution is 0.216. The van der Waals surface area contributed by atoms with Crippen LogP contribution in [-0.2, 0) is 6.54 Å². The Kier molecular flexibility index (Phi) is 6.12. The van der Waals surface area contributed by atoms with E-state index in [-0.39, 0.29) is 6.10 Å². The van der Waals surface area contributed by atoms with Crippen LogP contribution in [0.15, 0.2) is 30.4 Å². The van der Waals surface area contributed by atoms with E-state index in [1.807, 2.05) is 12.1 Å². The van der Waals surface area contributed by atoms with Crippen LogP contribution in [0.5, 0.6) is 11.5 Å². The molecule has 1 N–H and O–H groups in total. The maximum Gasteiger partial charge on any atom is 0.166 e. The van der Waals surface area contributed by atoms with E-state index in [1.54, 1.807) is 7.11 Å². The molecule has 3 heteroatoms. The van der Waals surface area contributed by atoms with Crippen molar-refractivity contribution in [2.45, 2.75) is 45.8 Å². The van der Waals surface area contributed by atoms with Crippen LogP contribution in [0.2, 0.25) is 0 Å². The smallest absolute Gasteiger partial charge is 0.166 e. The van der Waals surface area contributed by atoms with Gasteiger partial charge in [-0.1, -0.05) is 32.1 Å². The topological polar surface area (TPSA) is 30.5 Å². The maximum atomic E-state index is 6.21. The standard InChI is InChI=1S/C18H27NO2/c1-14(2)12-19-13-15-8-7-11-17(20-3)18(15)21-16-9-5-4-6-10-16/h5,7-9,11,14,16,19H,4,6,10,12-13H2,1-3H3. The molecule has 0 bridgehead atoms. The van der Waals surface area contributed by atoms with Crippen LogP contribution in [0.3, 0.4) is 0 Å². The molecule has 2 rings (SSSR count). The van der Waals surface area contributed by atoms with Crippen molar-refractivity contribution in [3.63, 3.8) is 0 Å². The second-order valence-corrected chi connectivity index (χ2v) is 5.99. The monoisotopic (exact) mass is 289 g/mol. The molecule has 0 spiro atoms. The third kappa shape index (κ3) is 4.78. The summed E-state index contributed by atoms with van der Waals surface area (Å²) in [5.41, 5.74) is 1.16. The zero-order chi connectivity index (χ0) is 15.1. The summed E-state index contributed by atoms with van der Waals surface area (Å²) in [5, 5.41) is 3.48. The molecular formula is C18H27NO2. The highest BCUT2D eigenvalue weighted by Crippen LogP contribution is 2.33. The summed E-state index contributed by atoms with van der Waals surface area (Å²) in [4.78, 5) is 0. The van der Waals surface area contributed by atoms with Crippen molar-refractivity contribution in [2.24, 2.45) is 5.92 Å². The largest absolute Gasteiger partial charge is 0.493 e. The van der Waals surface area contributed by atoms with Gasteiger partial charge in [-0.25, -0.2) is 0 Å². The first-order chi connectivity index (χ1) is 10.2. The second kappa shape index (κ2) is 8.08. The Hall–Kier alpha value is -1.48. The van der Waals surface area contributed by atoms with Crippen molar-refractivity contribution in [3.8, 4) is 11.5 Å². The number of benzene rings is 1. The molecule has 21 heavy (non-hydrogen) atoms. The predicted octanol–water partition coefficient (Wildman–Crippen LogP) is 3.93. The van der Waals surface area contributed by atoms with Gasteiger partial charge in [-0.3, -0.25) is 0 Å². The summed E-state index contributed by atoms with van der Waals surface area (Å²) in [6.45, 7) is 6.23. The number of methoxy groups -OCH3 is 1. The lowest BCUT2D eigenvalue weighted by Gasteiger charge is -2.22. The Bertz CT molecular complexity index is 468. The third-order valence-corrected chi connectivity index (χ3v) is 3.63. The van der Waals surface area contributed by atoms with Crippen LogP contribution in [0.25, 0.3) is 0 Å². The van der Waals surface area contributed by atoms with Gasteiger partial charge in [0.25, 0.3) is 0 Å². The number of ether oxygens (including phenoxy) is 2. The van der Waals surface area contributed by atoms with Crippen LogP contribution >= 0.6 is 0 Å². The molecule has 1 aromatic rings. The Morgan fingerprint density at radius 2 is 2.19 bits per heavy atom. The molecule has 0 aromatic heterocycles. The predicted molar refractivity (Wildman–Crippen MR) is 86.9 cm³/mol. The Labute approximate surface area is 128 Å². The van der Waals surface area contributed by atoms with E-state index in [0.29, 0.717) is 5.92 Å². The molecule has 0 heterocycles. The molecule has 1 aliphatic carbocycles. The van der Waals surface area contributed by atoms with Gasteiger partial charge < -0.3 is 14.8 Å². The molecule has 0 saturated heterocycles. The van der Waals surface area contributed by atoms with Crippen molar-refractivity contribution >= 4 is 0 Å². The molecule has 3 nitrogen and oxygen atoms in total. The van der Waals surface area contributed by atoms with Gasteiger partial charge >= 0.3 is 0 Å². The Balaban J connectivity index is 2.11. The summed E-state index contributed by atoms with van der Waals surface area (Å²) in [7, 11) is 1.70. The lowest BCUT2D eigenvalue weighted by Crippen LogP contribution is -2.21. The SMILES string of the molecule is COc1cccc(CNCC(C)C)c1OC1C=CCCC1. The van der Waals surface area contributed by atoms with Crippen LogP contribution in [0.1, 0.15) is 38.7 Å². The zero-order valence-electron chi connectivity index (χ0n) is 13.4. The number of allylic oxidation sites excluding steroid dienone is 1. The average Bonchev–Trinajstić information content (AvgIpc) is 2.49. The number of rotatable bonds is 7. The minimum Gasteiger partial charge on any atom is -0.493 e. The van der Waals surface area contributed by atoms with E-state index in [0.717, 1.165) is 43.0 Å². The van der Waals surface area contributed by atoms with Gasteiger partial charge in [0, 0.05) is 12.1 Å². The highest BCUT2D eigenvalue weighted by molar-refractivity contribution is 5.47. The number of para-hydroxylation sites is 1.